The van der Waals surface area contributed by atoms with Crippen molar-refractivity contribution in [3.8, 4) is 16.9 Å². The molecule has 0 bridgehead atoms. The van der Waals surface area contributed by atoms with Gasteiger partial charge in [-0.1, -0.05) is 24.3 Å². The first-order chi connectivity index (χ1) is 9.31. The molecule has 0 atom stereocenters. The molecule has 3 rings (SSSR count). The molecule has 0 radical (unpaired) electrons. The van der Waals surface area contributed by atoms with Gasteiger partial charge in [-0.15, -0.1) is 0 Å². The summed E-state index contributed by atoms with van der Waals surface area (Å²) in [7, 11) is 1.59. The summed E-state index contributed by atoms with van der Waals surface area (Å²) in [4.78, 5) is 0. The van der Waals surface area contributed by atoms with Gasteiger partial charge in [0.05, 0.1) is 12.7 Å². The van der Waals surface area contributed by atoms with Crippen molar-refractivity contribution in [2.75, 3.05) is 7.11 Å². The van der Waals surface area contributed by atoms with Gasteiger partial charge in [-0.05, 0) is 54.5 Å². The first kappa shape index (κ1) is 12.2. The third kappa shape index (κ3) is 2.12. The van der Waals surface area contributed by atoms with E-state index in [0.717, 1.165) is 18.4 Å². The van der Waals surface area contributed by atoms with Gasteiger partial charge in [0.1, 0.15) is 11.6 Å². The molecule has 1 aliphatic rings. The molecule has 0 fully saturated rings. The molecule has 98 valence electrons. The third-order valence-corrected chi connectivity index (χ3v) is 3.86. The van der Waals surface area contributed by atoms with Gasteiger partial charge >= 0.3 is 0 Å². The van der Waals surface area contributed by atoms with Crippen LogP contribution in [0.2, 0.25) is 0 Å². The molecule has 1 nitrogen and oxygen atoms in total. The summed E-state index contributed by atoms with van der Waals surface area (Å²) < 4.78 is 19.5. The number of aryl methyl sites for hydroxylation is 1. The van der Waals surface area contributed by atoms with Gasteiger partial charge in [0, 0.05) is 0 Å². The number of halogens is 1. The highest BCUT2D eigenvalue weighted by molar-refractivity contribution is 5.75. The maximum absolute atomic E-state index is 14.2. The number of ether oxygens (including phenoxy) is 1. The molecular formula is C17H17FO. The minimum absolute atomic E-state index is 0.210. The molecule has 0 saturated carbocycles. The van der Waals surface area contributed by atoms with Crippen LogP contribution in [-0.2, 0) is 12.8 Å². The van der Waals surface area contributed by atoms with E-state index in [-0.39, 0.29) is 5.82 Å². The highest BCUT2D eigenvalue weighted by Gasteiger charge is 2.18. The average Bonchev–Trinajstić information content (AvgIpc) is 2.46. The Kier molecular flexibility index (Phi) is 3.24. The van der Waals surface area contributed by atoms with Crippen LogP contribution in [0.1, 0.15) is 24.0 Å². The molecule has 2 aromatic rings. The van der Waals surface area contributed by atoms with Crippen molar-refractivity contribution >= 4 is 0 Å². The number of rotatable bonds is 2. The molecule has 19 heavy (non-hydrogen) atoms. The summed E-state index contributed by atoms with van der Waals surface area (Å²) in [6, 6.07) is 11.2. The van der Waals surface area contributed by atoms with E-state index in [1.54, 1.807) is 13.2 Å². The van der Waals surface area contributed by atoms with Crippen LogP contribution in [0.3, 0.4) is 0 Å². The first-order valence-corrected chi connectivity index (χ1v) is 6.75. The Bertz CT molecular complexity index is 604. The van der Waals surface area contributed by atoms with Crippen molar-refractivity contribution in [3.05, 3.63) is 53.3 Å². The van der Waals surface area contributed by atoms with Crippen LogP contribution in [-0.4, -0.2) is 7.11 Å². The van der Waals surface area contributed by atoms with Crippen molar-refractivity contribution in [3.63, 3.8) is 0 Å². The Morgan fingerprint density at radius 3 is 2.63 bits per heavy atom. The predicted molar refractivity (Wildman–Crippen MR) is 75.0 cm³/mol. The fourth-order valence-corrected chi connectivity index (χ4v) is 2.95. The molecule has 0 aromatic heterocycles. The summed E-state index contributed by atoms with van der Waals surface area (Å²) in [5.41, 5.74) is 4.24. The second-order valence-electron chi connectivity index (χ2n) is 4.97. The predicted octanol–water partition coefficient (Wildman–Crippen LogP) is 4.38. The molecule has 2 aromatic carbocycles. The van der Waals surface area contributed by atoms with Gasteiger partial charge in [-0.25, -0.2) is 4.39 Å². The largest absolute Gasteiger partial charge is 0.496 e. The van der Waals surface area contributed by atoms with Gasteiger partial charge in [-0.2, -0.15) is 0 Å². The summed E-state index contributed by atoms with van der Waals surface area (Å²) in [6.45, 7) is 0. The maximum Gasteiger partial charge on any atom is 0.134 e. The number of fused-ring (bicyclic) bond motifs is 1. The SMILES string of the molecule is COc1cccc(F)c1-c1cccc2c1CCCC2. The number of methoxy groups -OCH3 is 1. The van der Waals surface area contributed by atoms with Crippen LogP contribution in [0.5, 0.6) is 5.75 Å². The van der Waals surface area contributed by atoms with E-state index in [9.17, 15) is 4.39 Å². The molecular weight excluding hydrogens is 239 g/mol. The Balaban J connectivity index is 2.23. The molecule has 0 amide bonds. The fourth-order valence-electron chi connectivity index (χ4n) is 2.95. The second-order valence-corrected chi connectivity index (χ2v) is 4.97. The minimum atomic E-state index is -0.210. The molecule has 0 heterocycles. The van der Waals surface area contributed by atoms with E-state index in [2.05, 4.69) is 6.07 Å². The van der Waals surface area contributed by atoms with Crippen LogP contribution in [0.25, 0.3) is 11.1 Å². The summed E-state index contributed by atoms with van der Waals surface area (Å²) in [5.74, 6) is 0.400. The zero-order chi connectivity index (χ0) is 13.2. The molecule has 0 spiro atoms. The monoisotopic (exact) mass is 256 g/mol. The Labute approximate surface area is 113 Å². The lowest BCUT2D eigenvalue weighted by atomic mass is 9.85. The highest BCUT2D eigenvalue weighted by Crippen LogP contribution is 2.38. The fraction of sp³-hybridized carbons (Fsp3) is 0.294. The zero-order valence-corrected chi connectivity index (χ0v) is 11.1. The minimum Gasteiger partial charge on any atom is -0.496 e. The van der Waals surface area contributed by atoms with Crippen LogP contribution in [0.15, 0.2) is 36.4 Å². The smallest absolute Gasteiger partial charge is 0.134 e. The summed E-state index contributed by atoms with van der Waals surface area (Å²) >= 11 is 0. The van der Waals surface area contributed by atoms with Gasteiger partial charge in [0.2, 0.25) is 0 Å². The molecule has 0 unspecified atom stereocenters. The normalized spacial score (nSPS) is 14.0. The van der Waals surface area contributed by atoms with E-state index < -0.39 is 0 Å². The van der Waals surface area contributed by atoms with Gasteiger partial charge in [-0.3, -0.25) is 0 Å². The standard InChI is InChI=1S/C17H17FO/c1-19-16-11-5-10-15(18)17(16)14-9-4-7-12-6-2-3-8-13(12)14/h4-5,7,9-11H,2-3,6,8H2,1H3. The maximum atomic E-state index is 14.2. The van der Waals surface area contributed by atoms with Gasteiger partial charge < -0.3 is 4.74 Å². The van der Waals surface area contributed by atoms with E-state index >= 15 is 0 Å². The second kappa shape index (κ2) is 5.04. The van der Waals surface area contributed by atoms with Crippen molar-refractivity contribution in [2.45, 2.75) is 25.7 Å². The van der Waals surface area contributed by atoms with E-state index in [4.69, 9.17) is 4.74 Å². The quantitative estimate of drug-likeness (QED) is 0.774. The third-order valence-electron chi connectivity index (χ3n) is 3.86. The lowest BCUT2D eigenvalue weighted by molar-refractivity contribution is 0.413. The van der Waals surface area contributed by atoms with E-state index in [1.807, 2.05) is 18.2 Å². The van der Waals surface area contributed by atoms with Crippen LogP contribution in [0.4, 0.5) is 4.39 Å². The van der Waals surface area contributed by atoms with Crippen molar-refractivity contribution in [2.24, 2.45) is 0 Å². The molecule has 1 aliphatic carbocycles. The van der Waals surface area contributed by atoms with E-state index in [0.29, 0.717) is 11.3 Å². The molecule has 0 aliphatic heterocycles. The van der Waals surface area contributed by atoms with Crippen LogP contribution >= 0.6 is 0 Å². The molecule has 0 N–H and O–H groups in total. The van der Waals surface area contributed by atoms with E-state index in [1.165, 1.54) is 30.0 Å². The van der Waals surface area contributed by atoms with Crippen molar-refractivity contribution in [1.82, 2.24) is 0 Å². The first-order valence-electron chi connectivity index (χ1n) is 6.75. The zero-order valence-electron chi connectivity index (χ0n) is 11.1. The van der Waals surface area contributed by atoms with Crippen molar-refractivity contribution in [1.29, 1.82) is 0 Å². The molecule has 0 saturated heterocycles. The Morgan fingerprint density at radius 2 is 1.79 bits per heavy atom. The highest BCUT2D eigenvalue weighted by atomic mass is 19.1. The summed E-state index contributed by atoms with van der Waals surface area (Å²) in [6.07, 6.45) is 4.54. The lowest BCUT2D eigenvalue weighted by Crippen LogP contribution is -2.05. The van der Waals surface area contributed by atoms with Crippen LogP contribution in [0, 0.1) is 5.82 Å². The van der Waals surface area contributed by atoms with Gasteiger partial charge in [0.15, 0.2) is 0 Å². The Hall–Kier alpha value is -1.83. The lowest BCUT2D eigenvalue weighted by Gasteiger charge is -2.20. The molecule has 2 heteroatoms. The average molecular weight is 256 g/mol. The van der Waals surface area contributed by atoms with Crippen LogP contribution < -0.4 is 4.74 Å². The van der Waals surface area contributed by atoms with Gasteiger partial charge in [0.25, 0.3) is 0 Å². The number of hydrogen-bond donors (Lipinski definition) is 0. The Morgan fingerprint density at radius 1 is 1.00 bits per heavy atom. The van der Waals surface area contributed by atoms with Crippen molar-refractivity contribution < 1.29 is 9.13 Å². The number of hydrogen-bond acceptors (Lipinski definition) is 1. The topological polar surface area (TPSA) is 9.23 Å². The summed E-state index contributed by atoms with van der Waals surface area (Å²) in [5, 5.41) is 0. The number of benzene rings is 2.